The Morgan fingerprint density at radius 2 is 1.88 bits per heavy atom. The first kappa shape index (κ1) is 13.0. The third-order valence-corrected chi connectivity index (χ3v) is 2.07. The molecule has 0 aromatic heterocycles. The lowest BCUT2D eigenvalue weighted by Gasteiger charge is -2.13. The summed E-state index contributed by atoms with van der Waals surface area (Å²) >= 11 is 0. The average molecular weight is 237 g/mol. The fourth-order valence-corrected chi connectivity index (χ4v) is 1.21. The van der Waals surface area contributed by atoms with Gasteiger partial charge < -0.3 is 15.2 Å². The maximum Gasteiger partial charge on any atom is 0.347 e. The molecule has 5 heteroatoms. The molecular formula is C12H15NO4. The first-order valence-electron chi connectivity index (χ1n) is 5.27. The molecule has 92 valence electrons. The Balaban J connectivity index is 2.63. The zero-order valence-corrected chi connectivity index (χ0v) is 9.80. The molecule has 0 aliphatic carbocycles. The van der Waals surface area contributed by atoms with E-state index in [0.29, 0.717) is 17.9 Å². The van der Waals surface area contributed by atoms with Crippen molar-refractivity contribution in [3.05, 3.63) is 29.8 Å². The molecule has 0 bridgehead atoms. The first-order valence-corrected chi connectivity index (χ1v) is 5.27. The van der Waals surface area contributed by atoms with E-state index in [1.54, 1.807) is 26.0 Å². The quantitative estimate of drug-likeness (QED) is 0.778. The molecule has 1 rings (SSSR count). The zero-order valence-electron chi connectivity index (χ0n) is 9.80. The van der Waals surface area contributed by atoms with Gasteiger partial charge in [-0.05, 0) is 38.1 Å². The molecule has 0 heterocycles. The number of benzene rings is 1. The second-order valence-corrected chi connectivity index (χ2v) is 3.40. The number of amides is 1. The molecule has 2 N–H and O–H groups in total. The van der Waals surface area contributed by atoms with Gasteiger partial charge in [0.05, 0.1) is 6.61 Å². The fourth-order valence-electron chi connectivity index (χ4n) is 1.21. The van der Waals surface area contributed by atoms with E-state index in [0.717, 1.165) is 0 Å². The van der Waals surface area contributed by atoms with Crippen molar-refractivity contribution in [1.29, 1.82) is 0 Å². The Morgan fingerprint density at radius 3 is 2.35 bits per heavy atom. The Hall–Kier alpha value is -2.04. The molecular weight excluding hydrogens is 222 g/mol. The summed E-state index contributed by atoms with van der Waals surface area (Å²) in [7, 11) is 0. The van der Waals surface area contributed by atoms with E-state index in [1.807, 2.05) is 0 Å². The van der Waals surface area contributed by atoms with Gasteiger partial charge in [-0.15, -0.1) is 0 Å². The number of esters is 1. The van der Waals surface area contributed by atoms with Crippen LogP contribution < -0.4 is 10.5 Å². The van der Waals surface area contributed by atoms with Crippen LogP contribution >= 0.6 is 0 Å². The van der Waals surface area contributed by atoms with Crippen molar-refractivity contribution >= 4 is 11.9 Å². The summed E-state index contributed by atoms with van der Waals surface area (Å²) in [5, 5.41) is 0. The average Bonchev–Trinajstić information content (AvgIpc) is 2.30. The van der Waals surface area contributed by atoms with Gasteiger partial charge in [-0.25, -0.2) is 4.79 Å². The number of carbonyl (C=O) groups is 2. The van der Waals surface area contributed by atoms with E-state index < -0.39 is 18.0 Å². The molecule has 5 nitrogen and oxygen atoms in total. The number of carbonyl (C=O) groups excluding carboxylic acids is 2. The third kappa shape index (κ3) is 3.79. The first-order chi connectivity index (χ1) is 8.04. The van der Waals surface area contributed by atoms with E-state index in [-0.39, 0.29) is 0 Å². The molecule has 0 saturated carbocycles. The van der Waals surface area contributed by atoms with Crippen LogP contribution in [-0.4, -0.2) is 24.6 Å². The van der Waals surface area contributed by atoms with Gasteiger partial charge in [0.1, 0.15) is 5.75 Å². The largest absolute Gasteiger partial charge is 0.479 e. The smallest absolute Gasteiger partial charge is 0.347 e. The van der Waals surface area contributed by atoms with Gasteiger partial charge in [0.2, 0.25) is 5.91 Å². The molecule has 0 fully saturated rings. The Morgan fingerprint density at radius 1 is 1.29 bits per heavy atom. The predicted octanol–water partition coefficient (Wildman–Crippen LogP) is 1.12. The van der Waals surface area contributed by atoms with Crippen LogP contribution in [0.15, 0.2) is 24.3 Å². The summed E-state index contributed by atoms with van der Waals surface area (Å²) in [5.74, 6) is -0.447. The molecule has 0 aliphatic heterocycles. The molecule has 1 aromatic carbocycles. The van der Waals surface area contributed by atoms with Gasteiger partial charge in [0, 0.05) is 5.56 Å². The molecule has 1 aromatic rings. The number of hydrogen-bond donors (Lipinski definition) is 1. The van der Waals surface area contributed by atoms with Crippen LogP contribution in [0.2, 0.25) is 0 Å². The van der Waals surface area contributed by atoms with Gasteiger partial charge in [-0.2, -0.15) is 0 Å². The maximum absolute atomic E-state index is 11.3. The number of nitrogens with two attached hydrogens (primary N) is 1. The molecule has 1 atom stereocenters. The van der Waals surface area contributed by atoms with E-state index in [9.17, 15) is 9.59 Å². The van der Waals surface area contributed by atoms with Crippen LogP contribution in [0.1, 0.15) is 24.2 Å². The SMILES string of the molecule is CCOC(=O)C(C)Oc1ccc(C(N)=O)cc1. The zero-order chi connectivity index (χ0) is 12.8. The van der Waals surface area contributed by atoms with Gasteiger partial charge >= 0.3 is 5.97 Å². The minimum Gasteiger partial charge on any atom is -0.479 e. The minimum absolute atomic E-state index is 0.313. The normalized spacial score (nSPS) is 11.6. The maximum atomic E-state index is 11.3. The summed E-state index contributed by atoms with van der Waals surface area (Å²) in [6.07, 6.45) is -0.686. The summed E-state index contributed by atoms with van der Waals surface area (Å²) in [6.45, 7) is 3.64. The van der Waals surface area contributed by atoms with Gasteiger partial charge in [-0.3, -0.25) is 4.79 Å². The van der Waals surface area contributed by atoms with E-state index in [2.05, 4.69) is 0 Å². The summed E-state index contributed by atoms with van der Waals surface area (Å²) in [6, 6.07) is 6.23. The Kier molecular flexibility index (Phi) is 4.51. The second kappa shape index (κ2) is 5.89. The minimum atomic E-state index is -0.686. The summed E-state index contributed by atoms with van der Waals surface area (Å²) in [5.41, 5.74) is 5.49. The van der Waals surface area contributed by atoms with Gasteiger partial charge in [-0.1, -0.05) is 0 Å². The fraction of sp³-hybridized carbons (Fsp3) is 0.333. The molecule has 0 saturated heterocycles. The van der Waals surface area contributed by atoms with Crippen molar-refractivity contribution in [3.63, 3.8) is 0 Å². The van der Waals surface area contributed by atoms with E-state index in [4.69, 9.17) is 15.2 Å². The van der Waals surface area contributed by atoms with E-state index in [1.165, 1.54) is 12.1 Å². The highest BCUT2D eigenvalue weighted by Crippen LogP contribution is 2.14. The monoisotopic (exact) mass is 237 g/mol. The van der Waals surface area contributed by atoms with Crippen LogP contribution in [0.4, 0.5) is 0 Å². The van der Waals surface area contributed by atoms with Crippen molar-refractivity contribution in [1.82, 2.24) is 0 Å². The summed E-state index contributed by atoms with van der Waals surface area (Å²) < 4.78 is 10.1. The topological polar surface area (TPSA) is 78.6 Å². The lowest BCUT2D eigenvalue weighted by molar-refractivity contribution is -0.150. The van der Waals surface area contributed by atoms with Gasteiger partial charge in [0.15, 0.2) is 6.10 Å². The van der Waals surface area contributed by atoms with Crippen LogP contribution in [-0.2, 0) is 9.53 Å². The van der Waals surface area contributed by atoms with Crippen LogP contribution in [0.3, 0.4) is 0 Å². The molecule has 0 spiro atoms. The van der Waals surface area contributed by atoms with Crippen molar-refractivity contribution in [2.45, 2.75) is 20.0 Å². The Bertz CT molecular complexity index is 399. The third-order valence-electron chi connectivity index (χ3n) is 2.07. The van der Waals surface area contributed by atoms with Crippen molar-refractivity contribution in [2.24, 2.45) is 5.73 Å². The lowest BCUT2D eigenvalue weighted by Crippen LogP contribution is -2.26. The van der Waals surface area contributed by atoms with Crippen molar-refractivity contribution in [3.8, 4) is 5.75 Å². The Labute approximate surface area is 99.5 Å². The summed E-state index contributed by atoms with van der Waals surface area (Å²) in [4.78, 5) is 22.1. The number of rotatable bonds is 5. The molecule has 0 radical (unpaired) electrons. The number of ether oxygens (including phenoxy) is 2. The second-order valence-electron chi connectivity index (χ2n) is 3.40. The van der Waals surface area contributed by atoms with Crippen molar-refractivity contribution < 1.29 is 19.1 Å². The molecule has 0 aliphatic rings. The standard InChI is InChI=1S/C12H15NO4/c1-3-16-12(15)8(2)17-10-6-4-9(5-7-10)11(13)14/h4-8H,3H2,1-2H3,(H2,13,14). The number of hydrogen-bond acceptors (Lipinski definition) is 4. The van der Waals surface area contributed by atoms with Gasteiger partial charge in [0.25, 0.3) is 0 Å². The molecule has 1 amide bonds. The van der Waals surface area contributed by atoms with Crippen LogP contribution in [0.5, 0.6) is 5.75 Å². The van der Waals surface area contributed by atoms with Crippen LogP contribution in [0, 0.1) is 0 Å². The number of primary amides is 1. The van der Waals surface area contributed by atoms with Crippen molar-refractivity contribution in [2.75, 3.05) is 6.61 Å². The van der Waals surface area contributed by atoms with Crippen LogP contribution in [0.25, 0.3) is 0 Å². The van der Waals surface area contributed by atoms with E-state index >= 15 is 0 Å². The lowest BCUT2D eigenvalue weighted by atomic mass is 10.2. The highest BCUT2D eigenvalue weighted by atomic mass is 16.6. The molecule has 17 heavy (non-hydrogen) atoms. The highest BCUT2D eigenvalue weighted by molar-refractivity contribution is 5.92. The molecule has 1 unspecified atom stereocenters. The predicted molar refractivity (Wildman–Crippen MR) is 61.7 cm³/mol. The highest BCUT2D eigenvalue weighted by Gasteiger charge is 2.15.